The summed E-state index contributed by atoms with van der Waals surface area (Å²) in [5, 5.41) is 7.91. The molecule has 7 nitrogen and oxygen atoms in total. The molecule has 2 N–H and O–H groups in total. The number of methoxy groups -OCH3 is 2. The van der Waals surface area contributed by atoms with Gasteiger partial charge in [0.2, 0.25) is 0 Å². The molecule has 0 aliphatic heterocycles. The minimum atomic E-state index is -0.368. The number of carbonyl (C=O) groups is 2. The van der Waals surface area contributed by atoms with Crippen molar-refractivity contribution in [1.82, 2.24) is 4.98 Å². The van der Waals surface area contributed by atoms with Crippen LogP contribution in [0.5, 0.6) is 11.5 Å². The van der Waals surface area contributed by atoms with E-state index in [2.05, 4.69) is 15.6 Å². The normalized spacial score (nSPS) is 10.4. The molecule has 0 unspecified atom stereocenters. The number of ether oxygens (including phenoxy) is 2. The average Bonchev–Trinajstić information content (AvgIpc) is 3.32. The fraction of sp³-hybridized carbons (Fsp3) is 0.0800. The van der Waals surface area contributed by atoms with Crippen molar-refractivity contribution < 1.29 is 19.1 Å². The summed E-state index contributed by atoms with van der Waals surface area (Å²) in [7, 11) is 3.15. The van der Waals surface area contributed by atoms with Gasteiger partial charge in [-0.3, -0.25) is 14.9 Å². The third kappa shape index (κ3) is 5.02. The van der Waals surface area contributed by atoms with Crippen LogP contribution in [-0.2, 0) is 0 Å². The van der Waals surface area contributed by atoms with Gasteiger partial charge in [-0.2, -0.15) is 0 Å². The van der Waals surface area contributed by atoms with E-state index in [9.17, 15) is 9.59 Å². The van der Waals surface area contributed by atoms with Gasteiger partial charge in [-0.05, 0) is 42.5 Å². The first-order chi connectivity index (χ1) is 16.1. The van der Waals surface area contributed by atoms with Crippen molar-refractivity contribution in [2.75, 3.05) is 24.9 Å². The fourth-order valence-electron chi connectivity index (χ4n) is 3.20. The number of amides is 2. The number of carbonyl (C=O) groups excluding carboxylic acids is 2. The summed E-state index contributed by atoms with van der Waals surface area (Å²) in [4.78, 5) is 30.0. The Hall–Kier alpha value is -4.17. The Morgan fingerprint density at radius 1 is 0.818 bits per heavy atom. The van der Waals surface area contributed by atoms with Crippen molar-refractivity contribution in [3.63, 3.8) is 0 Å². The summed E-state index contributed by atoms with van der Waals surface area (Å²) in [5.74, 6) is 0.559. The van der Waals surface area contributed by atoms with Crippen molar-refractivity contribution >= 4 is 34.0 Å². The molecule has 0 spiro atoms. The summed E-state index contributed by atoms with van der Waals surface area (Å²) in [5.41, 5.74) is 2.79. The maximum Gasteiger partial charge on any atom is 0.259 e. The van der Waals surface area contributed by atoms with Gasteiger partial charge in [0.1, 0.15) is 0 Å². The van der Waals surface area contributed by atoms with Gasteiger partial charge in [-0.1, -0.05) is 30.3 Å². The number of hydrogen-bond acceptors (Lipinski definition) is 6. The van der Waals surface area contributed by atoms with Gasteiger partial charge in [0.25, 0.3) is 11.8 Å². The Morgan fingerprint density at radius 3 is 2.30 bits per heavy atom. The van der Waals surface area contributed by atoms with Crippen molar-refractivity contribution in [3.05, 3.63) is 89.3 Å². The predicted octanol–water partition coefficient (Wildman–Crippen LogP) is 5.33. The standard InChI is InChI=1S/C25H21N3O4S/c1-31-21-13-12-17(14-22(21)32-2)20-15-33-25(27-20)28-24(30)18-10-6-7-11-19(18)26-23(29)16-8-4-3-5-9-16/h3-15H,1-2H3,(H,26,29)(H,27,28,30). The molecular weight excluding hydrogens is 438 g/mol. The van der Waals surface area contributed by atoms with E-state index in [-0.39, 0.29) is 11.8 Å². The summed E-state index contributed by atoms with van der Waals surface area (Å²) < 4.78 is 10.6. The van der Waals surface area contributed by atoms with Crippen LogP contribution in [0.2, 0.25) is 0 Å². The molecule has 0 saturated heterocycles. The molecule has 0 atom stereocenters. The molecule has 4 aromatic rings. The van der Waals surface area contributed by atoms with Crippen LogP contribution in [0, 0.1) is 0 Å². The van der Waals surface area contributed by atoms with E-state index in [0.29, 0.717) is 39.1 Å². The monoisotopic (exact) mass is 459 g/mol. The van der Waals surface area contributed by atoms with Crippen LogP contribution < -0.4 is 20.1 Å². The van der Waals surface area contributed by atoms with E-state index >= 15 is 0 Å². The molecule has 8 heteroatoms. The van der Waals surface area contributed by atoms with Crippen LogP contribution in [0.4, 0.5) is 10.8 Å². The minimum absolute atomic E-state index is 0.291. The molecule has 166 valence electrons. The summed E-state index contributed by atoms with van der Waals surface area (Å²) >= 11 is 1.30. The third-order valence-corrected chi connectivity index (χ3v) is 5.62. The number of anilines is 2. The second-order valence-electron chi connectivity index (χ2n) is 6.93. The zero-order valence-corrected chi connectivity index (χ0v) is 18.8. The molecule has 1 heterocycles. The molecule has 3 aromatic carbocycles. The van der Waals surface area contributed by atoms with Gasteiger partial charge in [0, 0.05) is 16.5 Å². The largest absolute Gasteiger partial charge is 0.493 e. The number of rotatable bonds is 7. The number of para-hydroxylation sites is 1. The lowest BCUT2D eigenvalue weighted by atomic mass is 10.1. The Labute approximate surface area is 195 Å². The first-order valence-electron chi connectivity index (χ1n) is 10.0. The SMILES string of the molecule is COc1ccc(-c2csc(NC(=O)c3ccccc3NC(=O)c3ccccc3)n2)cc1OC. The lowest BCUT2D eigenvalue weighted by molar-refractivity contribution is 0.102. The van der Waals surface area contributed by atoms with Crippen LogP contribution in [-0.4, -0.2) is 31.0 Å². The minimum Gasteiger partial charge on any atom is -0.493 e. The summed E-state index contributed by atoms with van der Waals surface area (Å²) in [6, 6.07) is 21.2. The number of benzene rings is 3. The van der Waals surface area contributed by atoms with Gasteiger partial charge in [-0.15, -0.1) is 11.3 Å². The van der Waals surface area contributed by atoms with Crippen molar-refractivity contribution in [2.45, 2.75) is 0 Å². The smallest absolute Gasteiger partial charge is 0.259 e. The summed E-state index contributed by atoms with van der Waals surface area (Å²) in [6.45, 7) is 0. The molecule has 0 radical (unpaired) electrons. The van der Waals surface area contributed by atoms with E-state index in [4.69, 9.17) is 9.47 Å². The highest BCUT2D eigenvalue weighted by Gasteiger charge is 2.16. The quantitative estimate of drug-likeness (QED) is 0.390. The number of aromatic nitrogens is 1. The first kappa shape index (κ1) is 22.0. The second-order valence-corrected chi connectivity index (χ2v) is 7.79. The van der Waals surface area contributed by atoms with Crippen molar-refractivity contribution in [2.24, 2.45) is 0 Å². The Kier molecular flexibility index (Phi) is 6.66. The van der Waals surface area contributed by atoms with Gasteiger partial charge in [0.05, 0.1) is 31.2 Å². The van der Waals surface area contributed by atoms with E-state index < -0.39 is 0 Å². The molecule has 0 fully saturated rings. The Morgan fingerprint density at radius 2 is 1.55 bits per heavy atom. The number of nitrogens with one attached hydrogen (secondary N) is 2. The van der Waals surface area contributed by atoms with Gasteiger partial charge < -0.3 is 14.8 Å². The lowest BCUT2D eigenvalue weighted by Gasteiger charge is -2.10. The van der Waals surface area contributed by atoms with Crippen LogP contribution in [0.15, 0.2) is 78.2 Å². The second kappa shape index (κ2) is 9.97. The number of hydrogen-bond donors (Lipinski definition) is 2. The highest BCUT2D eigenvalue weighted by Crippen LogP contribution is 2.33. The van der Waals surface area contributed by atoms with E-state index in [1.807, 2.05) is 23.6 Å². The van der Waals surface area contributed by atoms with Crippen molar-refractivity contribution in [3.8, 4) is 22.8 Å². The fourth-order valence-corrected chi connectivity index (χ4v) is 3.91. The lowest BCUT2D eigenvalue weighted by Crippen LogP contribution is -2.18. The highest BCUT2D eigenvalue weighted by molar-refractivity contribution is 7.14. The van der Waals surface area contributed by atoms with Crippen LogP contribution in [0.1, 0.15) is 20.7 Å². The van der Waals surface area contributed by atoms with Crippen LogP contribution >= 0.6 is 11.3 Å². The number of thiazole rings is 1. The molecule has 0 bridgehead atoms. The van der Waals surface area contributed by atoms with Gasteiger partial charge in [0.15, 0.2) is 16.6 Å². The van der Waals surface area contributed by atoms with E-state index in [1.165, 1.54) is 11.3 Å². The zero-order chi connectivity index (χ0) is 23.2. The van der Waals surface area contributed by atoms with Gasteiger partial charge >= 0.3 is 0 Å². The Balaban J connectivity index is 1.51. The van der Waals surface area contributed by atoms with Crippen LogP contribution in [0.25, 0.3) is 11.3 Å². The Bertz CT molecular complexity index is 1290. The molecule has 4 rings (SSSR count). The topological polar surface area (TPSA) is 89.6 Å². The molecule has 0 aliphatic carbocycles. The zero-order valence-electron chi connectivity index (χ0n) is 18.0. The molecule has 33 heavy (non-hydrogen) atoms. The molecular formula is C25H21N3O4S. The molecule has 0 aliphatic rings. The summed E-state index contributed by atoms with van der Waals surface area (Å²) in [6.07, 6.45) is 0. The maximum atomic E-state index is 13.0. The predicted molar refractivity (Wildman–Crippen MR) is 129 cm³/mol. The average molecular weight is 460 g/mol. The molecule has 1 aromatic heterocycles. The first-order valence-corrected chi connectivity index (χ1v) is 10.9. The van der Waals surface area contributed by atoms with Crippen molar-refractivity contribution in [1.29, 1.82) is 0 Å². The van der Waals surface area contributed by atoms with Gasteiger partial charge in [-0.25, -0.2) is 4.98 Å². The molecule has 0 saturated carbocycles. The molecule has 2 amide bonds. The highest BCUT2D eigenvalue weighted by atomic mass is 32.1. The van der Waals surface area contributed by atoms with E-state index in [0.717, 1.165) is 5.56 Å². The maximum absolute atomic E-state index is 13.0. The third-order valence-electron chi connectivity index (χ3n) is 4.86. The van der Waals surface area contributed by atoms with Crippen LogP contribution in [0.3, 0.4) is 0 Å². The van der Waals surface area contributed by atoms with E-state index in [1.54, 1.807) is 68.8 Å². The number of nitrogens with zero attached hydrogens (tertiary/aromatic N) is 1.